The van der Waals surface area contributed by atoms with Gasteiger partial charge in [0.1, 0.15) is 5.52 Å². The van der Waals surface area contributed by atoms with Crippen LogP contribution in [0.15, 0.2) is 50.9 Å². The van der Waals surface area contributed by atoms with Gasteiger partial charge < -0.3 is 14.5 Å². The molecule has 0 bridgehead atoms. The quantitative estimate of drug-likeness (QED) is 0.537. The van der Waals surface area contributed by atoms with E-state index in [1.807, 2.05) is 0 Å². The molecule has 0 radical (unpaired) electrons. The van der Waals surface area contributed by atoms with Crippen LogP contribution in [0.4, 0.5) is 5.69 Å². The molecule has 1 amide bonds. The molecule has 4 rings (SSSR count). The van der Waals surface area contributed by atoms with Crippen LogP contribution in [0.2, 0.25) is 5.02 Å². The third kappa shape index (κ3) is 5.04. The van der Waals surface area contributed by atoms with Crippen molar-refractivity contribution in [2.24, 2.45) is 0 Å². The van der Waals surface area contributed by atoms with Crippen molar-refractivity contribution in [1.29, 1.82) is 0 Å². The molecule has 1 aliphatic heterocycles. The summed E-state index contributed by atoms with van der Waals surface area (Å²) in [6.45, 7) is 3.09. The van der Waals surface area contributed by atoms with Crippen LogP contribution in [0, 0.1) is 6.92 Å². The number of rotatable bonds is 6. The lowest BCUT2D eigenvalue weighted by Crippen LogP contribution is -2.40. The number of thioether (sulfide) groups is 1. The van der Waals surface area contributed by atoms with Crippen molar-refractivity contribution in [1.82, 2.24) is 9.29 Å². The monoisotopic (exact) mass is 481 g/mol. The first-order valence-electron chi connectivity index (χ1n) is 9.50. The van der Waals surface area contributed by atoms with E-state index in [9.17, 15) is 13.2 Å². The molecule has 3 aromatic rings. The smallest absolute Gasteiger partial charge is 0.257 e. The third-order valence-corrected chi connectivity index (χ3v) is 7.82. The van der Waals surface area contributed by atoms with Gasteiger partial charge in [-0.05, 0) is 36.8 Å². The lowest BCUT2D eigenvalue weighted by molar-refractivity contribution is -0.113. The molecule has 11 heteroatoms. The van der Waals surface area contributed by atoms with E-state index in [0.717, 1.165) is 11.8 Å². The van der Waals surface area contributed by atoms with Crippen LogP contribution >= 0.6 is 23.4 Å². The number of carbonyl (C=O) groups is 1. The second kappa shape index (κ2) is 9.17. The summed E-state index contributed by atoms with van der Waals surface area (Å²) >= 11 is 7.08. The number of hydrogen-bond acceptors (Lipinski definition) is 7. The van der Waals surface area contributed by atoms with Crippen LogP contribution in [0.25, 0.3) is 11.1 Å². The molecule has 31 heavy (non-hydrogen) atoms. The number of ether oxygens (including phenoxy) is 1. The van der Waals surface area contributed by atoms with Gasteiger partial charge in [0.25, 0.3) is 5.22 Å². The maximum absolute atomic E-state index is 13.0. The van der Waals surface area contributed by atoms with Gasteiger partial charge >= 0.3 is 0 Å². The van der Waals surface area contributed by atoms with Gasteiger partial charge in [-0.25, -0.2) is 13.4 Å². The van der Waals surface area contributed by atoms with E-state index in [1.165, 1.54) is 10.4 Å². The Bertz CT molecular complexity index is 1220. The van der Waals surface area contributed by atoms with Gasteiger partial charge in [0.15, 0.2) is 5.58 Å². The Hall–Kier alpha value is -2.11. The zero-order chi connectivity index (χ0) is 22.0. The lowest BCUT2D eigenvalue weighted by Gasteiger charge is -2.26. The average molecular weight is 482 g/mol. The summed E-state index contributed by atoms with van der Waals surface area (Å²) in [5, 5.41) is 3.64. The van der Waals surface area contributed by atoms with Crippen molar-refractivity contribution >= 4 is 56.1 Å². The SMILES string of the molecule is Cc1ccc(NC(=O)CSc2nc3ccc(Cl)cc3o2)cc1S(=O)(=O)N1CCOCC1. The number of hydrogen-bond donors (Lipinski definition) is 1. The van der Waals surface area contributed by atoms with Crippen molar-refractivity contribution in [2.75, 3.05) is 37.4 Å². The highest BCUT2D eigenvalue weighted by molar-refractivity contribution is 7.99. The minimum absolute atomic E-state index is 0.0555. The Balaban J connectivity index is 1.43. The van der Waals surface area contributed by atoms with Gasteiger partial charge in [-0.15, -0.1) is 0 Å². The molecular weight excluding hydrogens is 462 g/mol. The van der Waals surface area contributed by atoms with Gasteiger partial charge in [0, 0.05) is 29.9 Å². The molecule has 0 saturated carbocycles. The Morgan fingerprint density at radius 1 is 1.23 bits per heavy atom. The van der Waals surface area contributed by atoms with E-state index in [-0.39, 0.29) is 16.6 Å². The number of carbonyl (C=O) groups excluding carboxylic acids is 1. The second-order valence-corrected chi connectivity index (χ2v) is 10.2. The largest absolute Gasteiger partial charge is 0.431 e. The molecule has 1 aromatic heterocycles. The highest BCUT2D eigenvalue weighted by Gasteiger charge is 2.28. The first kappa shape index (κ1) is 22.1. The van der Waals surface area contributed by atoms with Gasteiger partial charge in [-0.3, -0.25) is 4.79 Å². The molecule has 8 nitrogen and oxygen atoms in total. The number of aromatic nitrogens is 1. The van der Waals surface area contributed by atoms with E-state index >= 15 is 0 Å². The molecule has 0 atom stereocenters. The highest BCUT2D eigenvalue weighted by Crippen LogP contribution is 2.27. The second-order valence-electron chi connectivity index (χ2n) is 6.93. The van der Waals surface area contributed by atoms with Crippen LogP contribution in [-0.4, -0.2) is 55.7 Å². The molecule has 1 aliphatic rings. The molecule has 1 fully saturated rings. The summed E-state index contributed by atoms with van der Waals surface area (Å²) in [6, 6.07) is 9.97. The number of nitrogens with one attached hydrogen (secondary N) is 1. The number of benzene rings is 2. The molecule has 0 aliphatic carbocycles. The van der Waals surface area contributed by atoms with Crippen molar-refractivity contribution in [3.8, 4) is 0 Å². The Labute approximate surface area is 189 Å². The Morgan fingerprint density at radius 3 is 2.77 bits per heavy atom. The molecule has 0 spiro atoms. The fraction of sp³-hybridized carbons (Fsp3) is 0.300. The number of sulfonamides is 1. The maximum Gasteiger partial charge on any atom is 0.257 e. The average Bonchev–Trinajstić information content (AvgIpc) is 3.16. The predicted octanol–water partition coefficient (Wildman–Crippen LogP) is 3.54. The molecular formula is C20H20ClN3O5S2. The summed E-state index contributed by atoms with van der Waals surface area (Å²) in [6.07, 6.45) is 0. The van der Waals surface area contributed by atoms with Crippen molar-refractivity contribution in [3.05, 3.63) is 47.0 Å². The summed E-state index contributed by atoms with van der Waals surface area (Å²) in [7, 11) is -3.66. The minimum Gasteiger partial charge on any atom is -0.431 e. The van der Waals surface area contributed by atoms with Crippen molar-refractivity contribution in [3.63, 3.8) is 0 Å². The summed E-state index contributed by atoms with van der Waals surface area (Å²) in [5.41, 5.74) is 2.23. The molecule has 0 unspecified atom stereocenters. The number of anilines is 1. The third-order valence-electron chi connectivity index (χ3n) is 4.72. The number of amides is 1. The zero-order valence-electron chi connectivity index (χ0n) is 16.6. The number of morpholine rings is 1. The number of fused-ring (bicyclic) bond motifs is 1. The topological polar surface area (TPSA) is 102 Å². The fourth-order valence-corrected chi connectivity index (χ4v) is 5.60. The van der Waals surface area contributed by atoms with Crippen LogP contribution in [0.5, 0.6) is 0 Å². The minimum atomic E-state index is -3.66. The van der Waals surface area contributed by atoms with E-state index in [1.54, 1.807) is 37.3 Å². The van der Waals surface area contributed by atoms with Crippen molar-refractivity contribution in [2.45, 2.75) is 17.0 Å². The van der Waals surface area contributed by atoms with E-state index in [2.05, 4.69) is 10.3 Å². The first-order valence-corrected chi connectivity index (χ1v) is 12.3. The normalized spacial score (nSPS) is 15.3. The summed E-state index contributed by atoms with van der Waals surface area (Å²) < 4.78 is 38.2. The van der Waals surface area contributed by atoms with Crippen LogP contribution in [-0.2, 0) is 19.6 Å². The summed E-state index contributed by atoms with van der Waals surface area (Å²) in [4.78, 5) is 16.9. The van der Waals surface area contributed by atoms with Gasteiger partial charge in [0.2, 0.25) is 15.9 Å². The Kier molecular flexibility index (Phi) is 6.54. The molecule has 1 saturated heterocycles. The molecule has 2 heterocycles. The van der Waals surface area contributed by atoms with Gasteiger partial charge in [0.05, 0.1) is 23.9 Å². The number of aryl methyl sites for hydroxylation is 1. The van der Waals surface area contributed by atoms with E-state index < -0.39 is 10.0 Å². The van der Waals surface area contributed by atoms with E-state index in [0.29, 0.717) is 58.9 Å². The standard InChI is InChI=1S/C20H20ClN3O5S2/c1-13-2-4-15(11-18(13)31(26,27)24-6-8-28-9-7-24)22-19(25)12-30-20-23-16-5-3-14(21)10-17(16)29-20/h2-5,10-11H,6-9,12H2,1H3,(H,22,25). The van der Waals surface area contributed by atoms with Gasteiger partial charge in [-0.2, -0.15) is 4.31 Å². The Morgan fingerprint density at radius 2 is 2.00 bits per heavy atom. The molecule has 164 valence electrons. The summed E-state index contributed by atoms with van der Waals surface area (Å²) in [5.74, 6) is -0.246. The maximum atomic E-state index is 13.0. The predicted molar refractivity (Wildman–Crippen MR) is 119 cm³/mol. The number of nitrogens with zero attached hydrogens (tertiary/aromatic N) is 2. The lowest BCUT2D eigenvalue weighted by atomic mass is 10.2. The van der Waals surface area contributed by atoms with Crippen LogP contribution < -0.4 is 5.32 Å². The van der Waals surface area contributed by atoms with E-state index in [4.69, 9.17) is 20.8 Å². The van der Waals surface area contributed by atoms with Crippen LogP contribution in [0.3, 0.4) is 0 Å². The van der Waals surface area contributed by atoms with Gasteiger partial charge in [-0.1, -0.05) is 29.4 Å². The molecule has 2 aromatic carbocycles. The van der Waals surface area contributed by atoms with Crippen LogP contribution in [0.1, 0.15) is 5.56 Å². The first-order chi connectivity index (χ1) is 14.8. The number of halogens is 1. The molecule has 1 N–H and O–H groups in total. The fourth-order valence-electron chi connectivity index (χ4n) is 3.15. The van der Waals surface area contributed by atoms with Crippen molar-refractivity contribution < 1.29 is 22.4 Å². The zero-order valence-corrected chi connectivity index (χ0v) is 19.0. The highest BCUT2D eigenvalue weighted by atomic mass is 35.5. The number of oxazole rings is 1.